The molecule has 2 rings (SSSR count). The van der Waals surface area contributed by atoms with Crippen LogP contribution in [0.3, 0.4) is 0 Å². The topological polar surface area (TPSA) is 64.3 Å². The number of hydrogen-bond acceptors (Lipinski definition) is 3. The van der Waals surface area contributed by atoms with Gasteiger partial charge in [-0.1, -0.05) is 12.1 Å². The number of carbonyl (C=O) groups is 1. The highest BCUT2D eigenvalue weighted by Crippen LogP contribution is 2.25. The second-order valence-corrected chi connectivity index (χ2v) is 5.10. The van der Waals surface area contributed by atoms with Gasteiger partial charge in [-0.15, -0.1) is 0 Å². The first-order valence-corrected chi connectivity index (χ1v) is 6.27. The zero-order valence-electron chi connectivity index (χ0n) is 10.9. The molecule has 0 bridgehead atoms. The molecule has 1 heterocycles. The first kappa shape index (κ1) is 13.1. The van der Waals surface area contributed by atoms with E-state index in [-0.39, 0.29) is 17.6 Å². The van der Waals surface area contributed by atoms with E-state index in [1.165, 1.54) is 0 Å². The van der Waals surface area contributed by atoms with E-state index in [0.717, 1.165) is 18.6 Å². The Morgan fingerprint density at radius 1 is 1.61 bits per heavy atom. The molecule has 0 radical (unpaired) electrons. The smallest absolute Gasteiger partial charge is 0.248 e. The third-order valence-electron chi connectivity index (χ3n) is 3.79. The van der Waals surface area contributed by atoms with Crippen molar-refractivity contribution in [2.45, 2.75) is 38.5 Å². The van der Waals surface area contributed by atoms with Gasteiger partial charge in [0.25, 0.3) is 0 Å². The van der Waals surface area contributed by atoms with Crippen LogP contribution >= 0.6 is 0 Å². The van der Waals surface area contributed by atoms with Crippen LogP contribution in [-0.4, -0.2) is 24.2 Å². The molecule has 18 heavy (non-hydrogen) atoms. The van der Waals surface area contributed by atoms with Crippen molar-refractivity contribution in [3.8, 4) is 0 Å². The van der Waals surface area contributed by atoms with E-state index in [9.17, 15) is 4.79 Å². The number of primary amides is 1. The van der Waals surface area contributed by atoms with Gasteiger partial charge in [-0.05, 0) is 38.0 Å². The Hall–Kier alpha value is -1.39. The zero-order valence-corrected chi connectivity index (χ0v) is 10.9. The highest BCUT2D eigenvalue weighted by Gasteiger charge is 2.36. The monoisotopic (exact) mass is 248 g/mol. The molecular formula is C14H20N2O2. The summed E-state index contributed by atoms with van der Waals surface area (Å²) in [5, 5.41) is 3.51. The van der Waals surface area contributed by atoms with Crippen molar-refractivity contribution < 1.29 is 9.53 Å². The molecule has 1 aromatic carbocycles. The molecule has 1 fully saturated rings. The lowest BCUT2D eigenvalue weighted by Crippen LogP contribution is -2.47. The third-order valence-corrected chi connectivity index (χ3v) is 3.79. The van der Waals surface area contributed by atoms with Crippen LogP contribution < -0.4 is 11.1 Å². The molecule has 2 atom stereocenters. The van der Waals surface area contributed by atoms with Gasteiger partial charge in [0.05, 0.1) is 6.10 Å². The average Bonchev–Trinajstić information content (AvgIpc) is 2.68. The van der Waals surface area contributed by atoms with E-state index in [4.69, 9.17) is 10.5 Å². The first-order valence-electron chi connectivity index (χ1n) is 6.27. The van der Waals surface area contributed by atoms with Crippen LogP contribution in [0.2, 0.25) is 0 Å². The summed E-state index contributed by atoms with van der Waals surface area (Å²) >= 11 is 0. The van der Waals surface area contributed by atoms with E-state index in [1.807, 2.05) is 18.2 Å². The highest BCUT2D eigenvalue weighted by molar-refractivity contribution is 5.92. The Labute approximate surface area is 108 Å². The molecule has 1 amide bonds. The maximum Gasteiger partial charge on any atom is 0.248 e. The Bertz CT molecular complexity index is 447. The minimum atomic E-state index is -0.388. The molecular weight excluding hydrogens is 228 g/mol. The zero-order chi connectivity index (χ0) is 13.2. The first-order chi connectivity index (χ1) is 8.51. The quantitative estimate of drug-likeness (QED) is 0.847. The molecule has 1 aliphatic rings. The molecule has 0 aromatic heterocycles. The summed E-state index contributed by atoms with van der Waals surface area (Å²) in [5.74, 6) is -0.388. The Balaban J connectivity index is 2.02. The van der Waals surface area contributed by atoms with Crippen LogP contribution in [0.4, 0.5) is 0 Å². The Morgan fingerprint density at radius 3 is 3.00 bits per heavy atom. The van der Waals surface area contributed by atoms with Crippen LogP contribution in [0.15, 0.2) is 24.3 Å². The number of ether oxygens (including phenoxy) is 1. The van der Waals surface area contributed by atoms with Crippen molar-refractivity contribution in [1.82, 2.24) is 5.32 Å². The summed E-state index contributed by atoms with van der Waals surface area (Å²) in [7, 11) is 0. The van der Waals surface area contributed by atoms with Gasteiger partial charge in [0.15, 0.2) is 0 Å². The van der Waals surface area contributed by atoms with Crippen LogP contribution in [0.25, 0.3) is 0 Å². The molecule has 4 heteroatoms. The van der Waals surface area contributed by atoms with Gasteiger partial charge in [0, 0.05) is 24.3 Å². The predicted octanol–water partition coefficient (Wildman–Crippen LogP) is 1.44. The Morgan fingerprint density at radius 2 is 2.39 bits per heavy atom. The molecule has 2 unspecified atom stereocenters. The summed E-state index contributed by atoms with van der Waals surface area (Å²) in [6, 6.07) is 7.41. The Kier molecular flexibility index (Phi) is 3.68. The number of nitrogens with one attached hydrogen (secondary N) is 1. The third kappa shape index (κ3) is 2.71. The molecule has 1 aromatic rings. The van der Waals surface area contributed by atoms with E-state index in [1.54, 1.807) is 6.07 Å². The van der Waals surface area contributed by atoms with Crippen LogP contribution in [0.5, 0.6) is 0 Å². The summed E-state index contributed by atoms with van der Waals surface area (Å²) < 4.78 is 5.58. The number of nitrogens with two attached hydrogens (primary N) is 1. The van der Waals surface area contributed by atoms with Gasteiger partial charge in [-0.2, -0.15) is 0 Å². The van der Waals surface area contributed by atoms with Gasteiger partial charge >= 0.3 is 0 Å². The van der Waals surface area contributed by atoms with Crippen LogP contribution in [0, 0.1) is 0 Å². The number of amides is 1. The molecule has 3 N–H and O–H groups in total. The second kappa shape index (κ2) is 5.08. The molecule has 98 valence electrons. The highest BCUT2D eigenvalue weighted by atomic mass is 16.5. The van der Waals surface area contributed by atoms with Crippen LogP contribution in [-0.2, 0) is 11.3 Å². The van der Waals surface area contributed by atoms with Crippen molar-refractivity contribution in [2.75, 3.05) is 6.61 Å². The minimum Gasteiger partial charge on any atom is -0.377 e. The van der Waals surface area contributed by atoms with Crippen molar-refractivity contribution >= 4 is 5.91 Å². The molecule has 4 nitrogen and oxygen atoms in total. The lowest BCUT2D eigenvalue weighted by Gasteiger charge is -2.29. The number of hydrogen-bond donors (Lipinski definition) is 2. The lowest BCUT2D eigenvalue weighted by atomic mass is 9.94. The largest absolute Gasteiger partial charge is 0.377 e. The van der Waals surface area contributed by atoms with Crippen molar-refractivity contribution in [3.63, 3.8) is 0 Å². The normalized spacial score (nSPS) is 27.3. The van der Waals surface area contributed by atoms with E-state index >= 15 is 0 Å². The fraction of sp³-hybridized carbons (Fsp3) is 0.500. The van der Waals surface area contributed by atoms with Gasteiger partial charge < -0.3 is 15.8 Å². The average molecular weight is 248 g/mol. The molecule has 0 aliphatic carbocycles. The number of benzene rings is 1. The minimum absolute atomic E-state index is 0.00271. The van der Waals surface area contributed by atoms with Crippen molar-refractivity contribution in [1.29, 1.82) is 0 Å². The SMILES string of the molecule is CC1OCCC1(C)NCc1cccc(C(N)=O)c1. The predicted molar refractivity (Wildman–Crippen MR) is 70.2 cm³/mol. The van der Waals surface area contributed by atoms with Gasteiger partial charge in [-0.25, -0.2) is 0 Å². The molecule has 1 aliphatic heterocycles. The van der Waals surface area contributed by atoms with E-state index < -0.39 is 0 Å². The summed E-state index contributed by atoms with van der Waals surface area (Å²) in [6.45, 7) is 5.76. The molecule has 0 spiro atoms. The maximum atomic E-state index is 11.1. The standard InChI is InChI=1S/C14H20N2O2/c1-10-14(2,6-7-18-10)16-9-11-4-3-5-12(8-11)13(15)17/h3-5,8,10,16H,6-7,9H2,1-2H3,(H2,15,17). The van der Waals surface area contributed by atoms with Crippen LogP contribution in [0.1, 0.15) is 36.2 Å². The summed E-state index contributed by atoms with van der Waals surface area (Å²) in [6.07, 6.45) is 1.21. The number of carbonyl (C=O) groups excluding carboxylic acids is 1. The fourth-order valence-electron chi connectivity index (χ4n) is 2.21. The van der Waals surface area contributed by atoms with E-state index in [2.05, 4.69) is 19.2 Å². The summed E-state index contributed by atoms with van der Waals surface area (Å²) in [5.41, 5.74) is 6.89. The van der Waals surface area contributed by atoms with Gasteiger partial charge in [-0.3, -0.25) is 4.79 Å². The van der Waals surface area contributed by atoms with Gasteiger partial charge in [0.2, 0.25) is 5.91 Å². The fourth-order valence-corrected chi connectivity index (χ4v) is 2.21. The van der Waals surface area contributed by atoms with E-state index in [0.29, 0.717) is 12.1 Å². The number of rotatable bonds is 4. The molecule has 0 saturated carbocycles. The second-order valence-electron chi connectivity index (χ2n) is 5.10. The van der Waals surface area contributed by atoms with Gasteiger partial charge in [0.1, 0.15) is 0 Å². The molecule has 1 saturated heterocycles. The van der Waals surface area contributed by atoms with Crippen molar-refractivity contribution in [2.24, 2.45) is 5.73 Å². The summed E-state index contributed by atoms with van der Waals surface area (Å²) in [4.78, 5) is 11.1. The van der Waals surface area contributed by atoms with Crippen molar-refractivity contribution in [3.05, 3.63) is 35.4 Å². The maximum absolute atomic E-state index is 11.1. The lowest BCUT2D eigenvalue weighted by molar-refractivity contribution is 0.0881.